The molecule has 1 aromatic heterocycles. The molecule has 3 aromatic rings. The van der Waals surface area contributed by atoms with Crippen molar-refractivity contribution in [2.75, 3.05) is 30.4 Å². The van der Waals surface area contributed by atoms with Crippen molar-refractivity contribution in [1.82, 2.24) is 20.6 Å². The Hall–Kier alpha value is -4.18. The molecule has 9 nitrogen and oxygen atoms in total. The predicted molar refractivity (Wildman–Crippen MR) is 137 cm³/mol. The van der Waals surface area contributed by atoms with Gasteiger partial charge >= 0.3 is 0 Å². The molecule has 10 heteroatoms. The van der Waals surface area contributed by atoms with E-state index >= 15 is 0 Å². The molecule has 0 atom stereocenters. The van der Waals surface area contributed by atoms with Crippen LogP contribution < -0.4 is 20.9 Å². The van der Waals surface area contributed by atoms with Crippen molar-refractivity contribution in [3.63, 3.8) is 0 Å². The summed E-state index contributed by atoms with van der Waals surface area (Å²) in [6, 6.07) is 20.7. The van der Waals surface area contributed by atoms with E-state index in [4.69, 9.17) is 0 Å². The van der Waals surface area contributed by atoms with Crippen LogP contribution in [0.4, 0.5) is 16.6 Å². The van der Waals surface area contributed by atoms with E-state index in [2.05, 4.69) is 25.9 Å². The third-order valence-corrected chi connectivity index (χ3v) is 5.85. The van der Waals surface area contributed by atoms with Gasteiger partial charge in [-0.1, -0.05) is 48.5 Å². The van der Waals surface area contributed by atoms with E-state index in [1.54, 1.807) is 24.3 Å². The highest BCUT2D eigenvalue weighted by molar-refractivity contribution is 8.18. The summed E-state index contributed by atoms with van der Waals surface area (Å²) in [5, 5.41) is 7.81. The van der Waals surface area contributed by atoms with Gasteiger partial charge in [-0.3, -0.25) is 19.7 Å². The first-order valence-electron chi connectivity index (χ1n) is 10.9. The number of carbonyl (C=O) groups excluding carboxylic acids is 3. The minimum absolute atomic E-state index is 0.163. The number of rotatable bonds is 9. The summed E-state index contributed by atoms with van der Waals surface area (Å²) in [4.78, 5) is 47.1. The minimum Gasteiger partial charge on any atom is -0.355 e. The summed E-state index contributed by atoms with van der Waals surface area (Å²) in [5.41, 5.74) is 2.19. The maximum atomic E-state index is 12.2. The Balaban J connectivity index is 1.48. The van der Waals surface area contributed by atoms with Gasteiger partial charge in [-0.25, -0.2) is 4.98 Å². The highest BCUT2D eigenvalue weighted by Crippen LogP contribution is 2.26. The number of nitrogens with zero attached hydrogens (tertiary/aromatic N) is 3. The van der Waals surface area contributed by atoms with Crippen LogP contribution in [0.25, 0.3) is 6.08 Å². The van der Waals surface area contributed by atoms with Crippen LogP contribution >= 0.6 is 11.8 Å². The van der Waals surface area contributed by atoms with Crippen molar-refractivity contribution >= 4 is 46.7 Å². The topological polar surface area (TPSA) is 116 Å². The lowest BCUT2D eigenvalue weighted by molar-refractivity contribution is -0.115. The van der Waals surface area contributed by atoms with Crippen molar-refractivity contribution in [2.45, 2.75) is 6.54 Å². The van der Waals surface area contributed by atoms with Gasteiger partial charge in [-0.2, -0.15) is 4.98 Å². The Labute approximate surface area is 207 Å². The number of imide groups is 1. The zero-order chi connectivity index (χ0) is 24.6. The summed E-state index contributed by atoms with van der Waals surface area (Å²) in [5.74, 6) is 0.374. The Morgan fingerprint density at radius 3 is 2.43 bits per heavy atom. The maximum Gasteiger partial charge on any atom is 0.290 e. The smallest absolute Gasteiger partial charge is 0.290 e. The van der Waals surface area contributed by atoms with Gasteiger partial charge in [0, 0.05) is 38.3 Å². The van der Waals surface area contributed by atoms with E-state index in [1.165, 1.54) is 0 Å². The molecule has 0 aliphatic carbocycles. The van der Waals surface area contributed by atoms with E-state index in [0.29, 0.717) is 42.7 Å². The summed E-state index contributed by atoms with van der Waals surface area (Å²) in [6.45, 7) is 1.38. The van der Waals surface area contributed by atoms with Gasteiger partial charge in [0.05, 0.1) is 10.6 Å². The Morgan fingerprint density at radius 1 is 1.03 bits per heavy atom. The van der Waals surface area contributed by atoms with E-state index in [1.807, 2.05) is 60.5 Å². The van der Waals surface area contributed by atoms with Gasteiger partial charge in [-0.05, 0) is 35.5 Å². The van der Waals surface area contributed by atoms with Crippen LogP contribution in [0.15, 0.2) is 71.6 Å². The maximum absolute atomic E-state index is 12.2. The highest BCUT2D eigenvalue weighted by Gasteiger charge is 2.25. The second-order valence-corrected chi connectivity index (χ2v) is 8.73. The predicted octanol–water partition coefficient (Wildman–Crippen LogP) is 3.28. The second-order valence-electron chi connectivity index (χ2n) is 7.72. The van der Waals surface area contributed by atoms with E-state index in [0.717, 1.165) is 17.3 Å². The first-order chi connectivity index (χ1) is 17.0. The third kappa shape index (κ3) is 6.67. The quantitative estimate of drug-likeness (QED) is 0.310. The third-order valence-electron chi connectivity index (χ3n) is 5.04. The molecule has 0 saturated carbocycles. The van der Waals surface area contributed by atoms with Crippen molar-refractivity contribution in [1.29, 1.82) is 0 Å². The fourth-order valence-electron chi connectivity index (χ4n) is 3.34. The first kappa shape index (κ1) is 24.0. The van der Waals surface area contributed by atoms with Gasteiger partial charge in [-0.15, -0.1) is 0 Å². The summed E-state index contributed by atoms with van der Waals surface area (Å²) < 4.78 is 0. The molecule has 0 spiro atoms. The zero-order valence-corrected chi connectivity index (χ0v) is 19.8. The molecule has 2 aromatic carbocycles. The number of nitrogens with one attached hydrogen (secondary N) is 3. The molecular weight excluding hydrogens is 464 g/mol. The molecule has 0 radical (unpaired) electrons. The normalized spacial score (nSPS) is 14.0. The lowest BCUT2D eigenvalue weighted by atomic mass is 10.2. The monoisotopic (exact) mass is 488 g/mol. The molecule has 3 amide bonds. The molecule has 3 N–H and O–H groups in total. The molecule has 1 aliphatic heterocycles. The van der Waals surface area contributed by atoms with E-state index in [9.17, 15) is 14.4 Å². The van der Waals surface area contributed by atoms with Crippen LogP contribution in [0.3, 0.4) is 0 Å². The lowest BCUT2D eigenvalue weighted by Gasteiger charge is -2.19. The summed E-state index contributed by atoms with van der Waals surface area (Å²) in [7, 11) is 1.91. The van der Waals surface area contributed by atoms with Gasteiger partial charge < -0.3 is 15.5 Å². The molecule has 4 rings (SSSR count). The Kier molecular flexibility index (Phi) is 7.74. The summed E-state index contributed by atoms with van der Waals surface area (Å²) >= 11 is 0.833. The van der Waals surface area contributed by atoms with Crippen LogP contribution in [0.5, 0.6) is 0 Å². The van der Waals surface area contributed by atoms with E-state index < -0.39 is 11.1 Å². The Bertz CT molecular complexity index is 1250. The van der Waals surface area contributed by atoms with Crippen molar-refractivity contribution < 1.29 is 14.4 Å². The second kappa shape index (κ2) is 11.3. The zero-order valence-electron chi connectivity index (χ0n) is 19.0. The van der Waals surface area contributed by atoms with Crippen LogP contribution in [0, 0.1) is 0 Å². The summed E-state index contributed by atoms with van der Waals surface area (Å²) in [6.07, 6.45) is 1.56. The fraction of sp³-hybridized carbons (Fsp3) is 0.160. The van der Waals surface area contributed by atoms with Crippen LogP contribution in [-0.4, -0.2) is 47.2 Å². The van der Waals surface area contributed by atoms with Gasteiger partial charge in [0.1, 0.15) is 5.82 Å². The molecule has 2 heterocycles. The van der Waals surface area contributed by atoms with Crippen molar-refractivity contribution in [3.05, 3.63) is 88.5 Å². The molecular formula is C25H24N6O3S. The van der Waals surface area contributed by atoms with Gasteiger partial charge in [0.25, 0.3) is 17.1 Å². The molecule has 0 bridgehead atoms. The highest BCUT2D eigenvalue weighted by atomic mass is 32.2. The van der Waals surface area contributed by atoms with Crippen LogP contribution in [-0.2, 0) is 11.3 Å². The van der Waals surface area contributed by atoms with Gasteiger partial charge in [0.15, 0.2) is 0 Å². The molecule has 1 aliphatic rings. The molecule has 35 heavy (non-hydrogen) atoms. The number of hydrogen-bond donors (Lipinski definition) is 3. The van der Waals surface area contributed by atoms with E-state index in [-0.39, 0.29) is 10.8 Å². The molecule has 1 saturated heterocycles. The molecule has 1 fully saturated rings. The van der Waals surface area contributed by atoms with Gasteiger partial charge in [0.2, 0.25) is 5.95 Å². The minimum atomic E-state index is -0.448. The molecule has 178 valence electrons. The number of anilines is 2. The first-order valence-corrected chi connectivity index (χ1v) is 11.8. The van der Waals surface area contributed by atoms with Crippen LogP contribution in [0.2, 0.25) is 0 Å². The Morgan fingerprint density at radius 2 is 1.74 bits per heavy atom. The lowest BCUT2D eigenvalue weighted by Crippen LogP contribution is -2.29. The van der Waals surface area contributed by atoms with Crippen molar-refractivity contribution in [3.8, 4) is 0 Å². The number of thioether (sulfide) groups is 1. The fourth-order valence-corrected chi connectivity index (χ4v) is 4.00. The molecule has 0 unspecified atom stereocenters. The number of carbonyl (C=O) groups is 3. The largest absolute Gasteiger partial charge is 0.355 e. The number of benzene rings is 2. The number of amides is 3. The average Bonchev–Trinajstić information content (AvgIpc) is 3.18. The van der Waals surface area contributed by atoms with Crippen LogP contribution in [0.1, 0.15) is 21.6 Å². The average molecular weight is 489 g/mol. The SMILES string of the molecule is CN(Cc1ccccc1)c1cc(/C=C2\SC(=O)NC2=O)nc(NCCNC(=O)c2ccccc2)n1. The number of aromatic nitrogens is 2. The number of hydrogen-bond acceptors (Lipinski definition) is 8. The standard InChI is InChI=1S/C25H24N6O3S/c1-31(16-17-8-4-2-5-9-17)21-15-19(14-20-23(33)30-25(34)35-20)28-24(29-21)27-13-12-26-22(32)18-10-6-3-7-11-18/h2-11,14-15H,12-13,16H2,1H3,(H,26,32)(H,27,28,29)(H,30,33,34)/b20-14-. The van der Waals surface area contributed by atoms with Crippen molar-refractivity contribution in [2.24, 2.45) is 0 Å².